The van der Waals surface area contributed by atoms with Gasteiger partial charge in [0.25, 0.3) is 0 Å². The van der Waals surface area contributed by atoms with Gasteiger partial charge in [-0.25, -0.2) is 0 Å². The number of benzene rings is 1. The third kappa shape index (κ3) is 2.85. The molecule has 0 bridgehead atoms. The van der Waals surface area contributed by atoms with E-state index >= 15 is 0 Å². The van der Waals surface area contributed by atoms with Crippen LogP contribution in [0.5, 0.6) is 11.5 Å². The summed E-state index contributed by atoms with van der Waals surface area (Å²) in [6.07, 6.45) is 3.56. The van der Waals surface area contributed by atoms with E-state index in [2.05, 4.69) is 4.98 Å². The molecule has 1 unspecified atom stereocenters. The van der Waals surface area contributed by atoms with Gasteiger partial charge in [0.05, 0.1) is 20.3 Å². The quantitative estimate of drug-likeness (QED) is 0.915. The van der Waals surface area contributed by atoms with Gasteiger partial charge >= 0.3 is 0 Å². The first-order chi connectivity index (χ1) is 9.15. The first-order valence-corrected chi connectivity index (χ1v) is 6.04. The maximum absolute atomic E-state index is 6.33. The Labute approximate surface area is 113 Å². The fourth-order valence-corrected chi connectivity index (χ4v) is 2.02. The second-order valence-electron chi connectivity index (χ2n) is 4.36. The monoisotopic (exact) mass is 258 g/mol. The normalized spacial score (nSPS) is 12.0. The molecule has 1 heterocycles. The Kier molecular flexibility index (Phi) is 4.02. The van der Waals surface area contributed by atoms with E-state index in [9.17, 15) is 0 Å². The van der Waals surface area contributed by atoms with E-state index in [0.717, 1.165) is 28.2 Å². The molecule has 0 aliphatic carbocycles. The minimum atomic E-state index is -0.230. The summed E-state index contributed by atoms with van der Waals surface area (Å²) < 4.78 is 10.5. The van der Waals surface area contributed by atoms with Crippen LogP contribution in [-0.2, 0) is 0 Å². The number of pyridine rings is 1. The van der Waals surface area contributed by atoms with Gasteiger partial charge in [-0.05, 0) is 41.8 Å². The average Bonchev–Trinajstić information content (AvgIpc) is 2.46. The highest BCUT2D eigenvalue weighted by atomic mass is 16.5. The van der Waals surface area contributed by atoms with Gasteiger partial charge in [-0.2, -0.15) is 0 Å². The maximum Gasteiger partial charge on any atom is 0.122 e. The van der Waals surface area contributed by atoms with Gasteiger partial charge in [-0.15, -0.1) is 0 Å². The van der Waals surface area contributed by atoms with E-state index in [-0.39, 0.29) is 6.04 Å². The third-order valence-electron chi connectivity index (χ3n) is 3.13. The van der Waals surface area contributed by atoms with Crippen LogP contribution in [-0.4, -0.2) is 19.2 Å². The van der Waals surface area contributed by atoms with Crippen LogP contribution in [0.1, 0.15) is 22.7 Å². The molecule has 0 aliphatic heterocycles. The Balaban J connectivity index is 2.43. The highest BCUT2D eigenvalue weighted by Crippen LogP contribution is 2.29. The molecular formula is C15H18N2O2. The van der Waals surface area contributed by atoms with Gasteiger partial charge in [0.15, 0.2) is 0 Å². The van der Waals surface area contributed by atoms with Crippen molar-refractivity contribution in [3.8, 4) is 11.5 Å². The van der Waals surface area contributed by atoms with Crippen molar-refractivity contribution in [1.82, 2.24) is 4.98 Å². The average molecular weight is 258 g/mol. The zero-order chi connectivity index (χ0) is 13.8. The van der Waals surface area contributed by atoms with Crippen molar-refractivity contribution in [2.75, 3.05) is 14.2 Å². The molecule has 2 N–H and O–H groups in total. The summed E-state index contributed by atoms with van der Waals surface area (Å²) in [5, 5.41) is 0. The number of hydrogen-bond donors (Lipinski definition) is 1. The number of ether oxygens (including phenoxy) is 2. The highest BCUT2D eigenvalue weighted by Gasteiger charge is 2.13. The summed E-state index contributed by atoms with van der Waals surface area (Å²) >= 11 is 0. The van der Waals surface area contributed by atoms with Gasteiger partial charge in [0.1, 0.15) is 11.5 Å². The molecule has 2 rings (SSSR count). The van der Waals surface area contributed by atoms with E-state index in [1.54, 1.807) is 20.4 Å². The molecule has 0 amide bonds. The smallest absolute Gasteiger partial charge is 0.122 e. The molecule has 0 radical (unpaired) electrons. The van der Waals surface area contributed by atoms with Crippen LogP contribution in [0.15, 0.2) is 36.7 Å². The lowest BCUT2D eigenvalue weighted by atomic mass is 9.97. The fraction of sp³-hybridized carbons (Fsp3) is 0.267. The van der Waals surface area contributed by atoms with Crippen molar-refractivity contribution in [3.63, 3.8) is 0 Å². The molecular weight excluding hydrogens is 240 g/mol. The number of aromatic nitrogens is 1. The Morgan fingerprint density at radius 2 is 1.74 bits per heavy atom. The standard InChI is InChI=1S/C15H18N2O2/c1-10-9-17-5-4-14(10)15(16)11-6-12(18-2)8-13(7-11)19-3/h4-9,15H,16H2,1-3H3. The van der Waals surface area contributed by atoms with Gasteiger partial charge in [-0.1, -0.05) is 0 Å². The number of nitrogens with two attached hydrogens (primary N) is 1. The lowest BCUT2D eigenvalue weighted by molar-refractivity contribution is 0.393. The minimum Gasteiger partial charge on any atom is -0.497 e. The largest absolute Gasteiger partial charge is 0.497 e. The van der Waals surface area contributed by atoms with Crippen LogP contribution >= 0.6 is 0 Å². The molecule has 0 spiro atoms. The van der Waals surface area contributed by atoms with E-state index in [1.807, 2.05) is 37.4 Å². The summed E-state index contributed by atoms with van der Waals surface area (Å²) in [6.45, 7) is 2.00. The van der Waals surface area contributed by atoms with Gasteiger partial charge in [-0.3, -0.25) is 4.98 Å². The molecule has 2 aromatic rings. The van der Waals surface area contributed by atoms with Gasteiger partial charge in [0.2, 0.25) is 0 Å². The van der Waals surface area contributed by atoms with Crippen molar-refractivity contribution in [1.29, 1.82) is 0 Å². The summed E-state index contributed by atoms with van der Waals surface area (Å²) in [5.74, 6) is 1.47. The number of nitrogens with zero attached hydrogens (tertiary/aromatic N) is 1. The molecule has 4 heteroatoms. The minimum absolute atomic E-state index is 0.230. The topological polar surface area (TPSA) is 57.4 Å². The first-order valence-electron chi connectivity index (χ1n) is 6.04. The molecule has 1 aromatic carbocycles. The summed E-state index contributed by atoms with van der Waals surface area (Å²) in [4.78, 5) is 4.08. The molecule has 0 saturated carbocycles. The predicted octanol–water partition coefficient (Wildman–Crippen LogP) is 2.46. The molecule has 0 fully saturated rings. The third-order valence-corrected chi connectivity index (χ3v) is 3.13. The Morgan fingerprint density at radius 1 is 1.11 bits per heavy atom. The molecule has 0 aliphatic rings. The lowest BCUT2D eigenvalue weighted by Gasteiger charge is -2.16. The van der Waals surface area contributed by atoms with Gasteiger partial charge < -0.3 is 15.2 Å². The van der Waals surface area contributed by atoms with Crippen LogP contribution in [0.4, 0.5) is 0 Å². The van der Waals surface area contributed by atoms with Crippen LogP contribution in [0.2, 0.25) is 0 Å². The Morgan fingerprint density at radius 3 is 2.26 bits per heavy atom. The number of hydrogen-bond acceptors (Lipinski definition) is 4. The molecule has 1 aromatic heterocycles. The summed E-state index contributed by atoms with van der Waals surface area (Å²) in [5.41, 5.74) is 9.39. The van der Waals surface area contributed by atoms with Crippen LogP contribution in [0, 0.1) is 6.92 Å². The predicted molar refractivity (Wildman–Crippen MR) is 74.6 cm³/mol. The zero-order valence-corrected chi connectivity index (χ0v) is 11.4. The summed E-state index contributed by atoms with van der Waals surface area (Å²) in [7, 11) is 3.25. The van der Waals surface area contributed by atoms with E-state index in [1.165, 1.54) is 0 Å². The van der Waals surface area contributed by atoms with E-state index in [0.29, 0.717) is 0 Å². The molecule has 100 valence electrons. The molecule has 4 nitrogen and oxygen atoms in total. The van der Waals surface area contributed by atoms with Crippen molar-refractivity contribution >= 4 is 0 Å². The van der Waals surface area contributed by atoms with E-state index < -0.39 is 0 Å². The molecule has 1 atom stereocenters. The zero-order valence-electron chi connectivity index (χ0n) is 11.4. The van der Waals surface area contributed by atoms with Gasteiger partial charge in [0, 0.05) is 18.5 Å². The lowest BCUT2D eigenvalue weighted by Crippen LogP contribution is -2.13. The molecule has 19 heavy (non-hydrogen) atoms. The van der Waals surface area contributed by atoms with Crippen LogP contribution in [0.25, 0.3) is 0 Å². The number of aryl methyl sites for hydroxylation is 1. The molecule has 0 saturated heterocycles. The first kappa shape index (κ1) is 13.4. The number of methoxy groups -OCH3 is 2. The van der Waals surface area contributed by atoms with Crippen molar-refractivity contribution in [3.05, 3.63) is 53.3 Å². The SMILES string of the molecule is COc1cc(OC)cc(C(N)c2ccncc2C)c1. The van der Waals surface area contributed by atoms with Crippen molar-refractivity contribution < 1.29 is 9.47 Å². The fourth-order valence-electron chi connectivity index (χ4n) is 2.02. The second kappa shape index (κ2) is 5.71. The van der Waals surface area contributed by atoms with Crippen LogP contribution in [0.3, 0.4) is 0 Å². The summed E-state index contributed by atoms with van der Waals surface area (Å²) in [6, 6.07) is 7.38. The second-order valence-corrected chi connectivity index (χ2v) is 4.36. The van der Waals surface area contributed by atoms with Crippen LogP contribution < -0.4 is 15.2 Å². The maximum atomic E-state index is 6.33. The number of rotatable bonds is 4. The Hall–Kier alpha value is -2.07. The van der Waals surface area contributed by atoms with Crippen molar-refractivity contribution in [2.45, 2.75) is 13.0 Å². The Bertz CT molecular complexity index is 548. The van der Waals surface area contributed by atoms with E-state index in [4.69, 9.17) is 15.2 Å². The highest BCUT2D eigenvalue weighted by molar-refractivity contribution is 5.43. The van der Waals surface area contributed by atoms with Crippen molar-refractivity contribution in [2.24, 2.45) is 5.73 Å².